The van der Waals surface area contributed by atoms with E-state index in [0.29, 0.717) is 29.9 Å². The molecule has 0 radical (unpaired) electrons. The van der Waals surface area contributed by atoms with Crippen molar-refractivity contribution in [3.63, 3.8) is 0 Å². The number of aryl methyl sites for hydroxylation is 1. The third-order valence-corrected chi connectivity index (χ3v) is 7.94. The van der Waals surface area contributed by atoms with Gasteiger partial charge in [-0.3, -0.25) is 10.3 Å². The number of carbonyl (C=O) groups excluding carboxylic acids is 1. The second kappa shape index (κ2) is 12.6. The molecular weight excluding hydrogens is 526 g/mol. The highest BCUT2D eigenvalue weighted by Crippen LogP contribution is 2.38. The summed E-state index contributed by atoms with van der Waals surface area (Å²) >= 11 is 8.45. The maximum Gasteiger partial charge on any atom is 0.410 e. The largest absolute Gasteiger partial charge is 0.486 e. The van der Waals surface area contributed by atoms with Crippen molar-refractivity contribution >= 4 is 41.0 Å². The highest BCUT2D eigenvalue weighted by atomic mass is 35.5. The average Bonchev–Trinajstić information content (AvgIpc) is 2.88. The van der Waals surface area contributed by atoms with Gasteiger partial charge in [-0.05, 0) is 63.6 Å². The number of thioether (sulfide) groups is 1. The van der Waals surface area contributed by atoms with E-state index < -0.39 is 5.60 Å². The van der Waals surface area contributed by atoms with Crippen LogP contribution in [0.5, 0.6) is 5.75 Å². The number of halogens is 1. The summed E-state index contributed by atoms with van der Waals surface area (Å²) in [6.07, 6.45) is 2.98. The normalized spacial score (nSPS) is 16.9. The number of amides is 1. The highest BCUT2D eigenvalue weighted by molar-refractivity contribution is 7.99. The number of hydrogen-bond acceptors (Lipinski definition) is 9. The second-order valence-corrected chi connectivity index (χ2v) is 12.2. The second-order valence-electron chi connectivity index (χ2n) is 10.6. The van der Waals surface area contributed by atoms with Crippen LogP contribution in [0.3, 0.4) is 0 Å². The third kappa shape index (κ3) is 7.15. The molecule has 11 heteroatoms. The molecule has 1 aromatic carbocycles. The maximum atomic E-state index is 12.5. The van der Waals surface area contributed by atoms with E-state index in [9.17, 15) is 4.79 Å². The van der Waals surface area contributed by atoms with Crippen LogP contribution in [0, 0.1) is 6.92 Å². The van der Waals surface area contributed by atoms with Crippen LogP contribution >= 0.6 is 23.4 Å². The summed E-state index contributed by atoms with van der Waals surface area (Å²) in [6, 6.07) is 4.24. The molecule has 0 atom stereocenters. The monoisotopic (exact) mass is 563 g/mol. The van der Waals surface area contributed by atoms with Gasteiger partial charge >= 0.3 is 6.09 Å². The highest BCUT2D eigenvalue weighted by Gasteiger charge is 2.28. The maximum absolute atomic E-state index is 12.5. The van der Waals surface area contributed by atoms with Gasteiger partial charge in [-0.1, -0.05) is 17.7 Å². The third-order valence-electron chi connectivity index (χ3n) is 6.67. The zero-order chi connectivity index (χ0) is 27.3. The molecule has 1 aromatic heterocycles. The summed E-state index contributed by atoms with van der Waals surface area (Å²) in [7, 11) is 1.58. The Morgan fingerprint density at radius 2 is 1.87 bits per heavy atom. The van der Waals surface area contributed by atoms with Crippen molar-refractivity contribution in [2.24, 2.45) is 0 Å². The zero-order valence-corrected chi connectivity index (χ0v) is 24.5. The van der Waals surface area contributed by atoms with Crippen LogP contribution < -0.4 is 15.1 Å². The Labute approximate surface area is 234 Å². The summed E-state index contributed by atoms with van der Waals surface area (Å²) in [5, 5.41) is 0.403. The molecule has 0 spiro atoms. The van der Waals surface area contributed by atoms with Crippen LogP contribution in [0.1, 0.15) is 56.2 Å². The SMILES string of the molecule is CONc1cc(C2CCN(C(=O)OC(C)(C)C)CC2)cc(C)c1OCc1c(Cl)ncnc1N1CCSCC1. The molecule has 2 fully saturated rings. The Kier molecular flexibility index (Phi) is 9.49. The van der Waals surface area contributed by atoms with Gasteiger partial charge in [0, 0.05) is 37.7 Å². The van der Waals surface area contributed by atoms with Gasteiger partial charge in [-0.2, -0.15) is 11.8 Å². The van der Waals surface area contributed by atoms with E-state index in [1.165, 1.54) is 11.9 Å². The summed E-state index contributed by atoms with van der Waals surface area (Å²) in [5.74, 6) is 3.96. The lowest BCUT2D eigenvalue weighted by atomic mass is 9.88. The van der Waals surface area contributed by atoms with E-state index in [0.717, 1.165) is 60.1 Å². The van der Waals surface area contributed by atoms with Gasteiger partial charge in [-0.25, -0.2) is 14.8 Å². The molecular formula is C27H38ClN5O4S. The molecule has 1 N–H and O–H groups in total. The lowest BCUT2D eigenvalue weighted by molar-refractivity contribution is 0.0205. The fraction of sp³-hybridized carbons (Fsp3) is 0.593. The van der Waals surface area contributed by atoms with E-state index in [-0.39, 0.29) is 12.7 Å². The molecule has 0 unspecified atom stereocenters. The summed E-state index contributed by atoms with van der Waals surface area (Å²) in [5.41, 5.74) is 6.20. The fourth-order valence-corrected chi connectivity index (χ4v) is 5.92. The first-order chi connectivity index (χ1) is 18.2. The predicted octanol–water partition coefficient (Wildman–Crippen LogP) is 5.66. The van der Waals surface area contributed by atoms with Crippen molar-refractivity contribution in [1.29, 1.82) is 0 Å². The van der Waals surface area contributed by atoms with Crippen LogP contribution in [0.25, 0.3) is 0 Å². The summed E-state index contributed by atoms with van der Waals surface area (Å²) in [4.78, 5) is 30.5. The van der Waals surface area contributed by atoms with Gasteiger partial charge in [0.1, 0.15) is 40.9 Å². The Balaban J connectivity index is 1.48. The molecule has 2 aliphatic heterocycles. The Morgan fingerprint density at radius 3 is 2.53 bits per heavy atom. The van der Waals surface area contributed by atoms with Crippen LogP contribution in [-0.4, -0.2) is 71.4 Å². The number of aromatic nitrogens is 2. The summed E-state index contributed by atoms with van der Waals surface area (Å²) in [6.45, 7) is 11.1. The average molecular weight is 564 g/mol. The van der Waals surface area contributed by atoms with Crippen molar-refractivity contribution in [1.82, 2.24) is 14.9 Å². The van der Waals surface area contributed by atoms with E-state index in [1.807, 2.05) is 39.5 Å². The van der Waals surface area contributed by atoms with Crippen LogP contribution in [-0.2, 0) is 16.2 Å². The van der Waals surface area contributed by atoms with Crippen molar-refractivity contribution < 1.29 is 19.1 Å². The van der Waals surface area contributed by atoms with Crippen molar-refractivity contribution in [2.75, 3.05) is 55.2 Å². The smallest absolute Gasteiger partial charge is 0.410 e. The van der Waals surface area contributed by atoms with E-state index in [2.05, 4.69) is 32.5 Å². The first-order valence-electron chi connectivity index (χ1n) is 13.0. The Hall–Kier alpha value is -2.43. The minimum Gasteiger partial charge on any atom is -0.486 e. The number of likely N-dealkylation sites (tertiary alicyclic amines) is 1. The molecule has 4 rings (SSSR count). The minimum atomic E-state index is -0.495. The molecule has 0 bridgehead atoms. The van der Waals surface area contributed by atoms with Crippen LogP contribution in [0.4, 0.5) is 16.3 Å². The van der Waals surface area contributed by atoms with Crippen molar-refractivity contribution in [3.05, 3.63) is 40.3 Å². The number of nitrogens with one attached hydrogen (secondary N) is 1. The standard InChI is InChI=1S/C27H38ClN5O4S/c1-18-14-20(19-6-8-33(9-7-19)26(34)37-27(2,3)4)15-22(31-35-5)23(18)36-16-21-24(28)29-17-30-25(21)32-10-12-38-13-11-32/h14-15,17,19,31H,6-13,16H2,1-5H3. The van der Waals surface area contributed by atoms with E-state index in [4.69, 9.17) is 25.9 Å². The number of ether oxygens (including phenoxy) is 2. The van der Waals surface area contributed by atoms with Crippen molar-refractivity contribution in [3.8, 4) is 5.75 Å². The number of carbonyl (C=O) groups is 1. The molecule has 1 amide bonds. The van der Waals surface area contributed by atoms with E-state index in [1.54, 1.807) is 12.0 Å². The first kappa shape index (κ1) is 28.6. The number of rotatable bonds is 7. The number of benzene rings is 1. The van der Waals surface area contributed by atoms with Gasteiger partial charge in [-0.15, -0.1) is 0 Å². The first-order valence-corrected chi connectivity index (χ1v) is 14.6. The zero-order valence-electron chi connectivity index (χ0n) is 22.9. The molecule has 3 heterocycles. The quantitative estimate of drug-likeness (QED) is 0.338. The topological polar surface area (TPSA) is 89.0 Å². The minimum absolute atomic E-state index is 0.242. The number of piperidine rings is 1. The predicted molar refractivity (Wildman–Crippen MR) is 153 cm³/mol. The fourth-order valence-electron chi connectivity index (χ4n) is 4.84. The van der Waals surface area contributed by atoms with Gasteiger partial charge in [0.15, 0.2) is 0 Å². The Morgan fingerprint density at radius 1 is 1.16 bits per heavy atom. The molecule has 2 aromatic rings. The summed E-state index contributed by atoms with van der Waals surface area (Å²) < 4.78 is 11.9. The number of nitrogens with zero attached hydrogens (tertiary/aromatic N) is 4. The molecule has 2 aliphatic rings. The Bertz CT molecular complexity index is 1120. The number of anilines is 2. The van der Waals surface area contributed by atoms with Crippen LogP contribution in [0.15, 0.2) is 18.5 Å². The molecule has 9 nitrogen and oxygen atoms in total. The van der Waals surface area contributed by atoms with E-state index >= 15 is 0 Å². The molecule has 208 valence electrons. The van der Waals surface area contributed by atoms with Crippen molar-refractivity contribution in [2.45, 2.75) is 58.7 Å². The van der Waals surface area contributed by atoms with Gasteiger partial charge < -0.3 is 19.3 Å². The van der Waals surface area contributed by atoms with Gasteiger partial charge in [0.05, 0.1) is 12.7 Å². The molecule has 2 saturated heterocycles. The lowest BCUT2D eigenvalue weighted by Gasteiger charge is -2.34. The van der Waals surface area contributed by atoms with Gasteiger partial charge in [0.2, 0.25) is 0 Å². The lowest BCUT2D eigenvalue weighted by Crippen LogP contribution is -2.41. The van der Waals surface area contributed by atoms with Crippen LogP contribution in [0.2, 0.25) is 5.15 Å². The molecule has 38 heavy (non-hydrogen) atoms. The van der Waals surface area contributed by atoms with Gasteiger partial charge in [0.25, 0.3) is 0 Å². The molecule has 0 saturated carbocycles. The molecule has 0 aliphatic carbocycles. The number of hydrogen-bond donors (Lipinski definition) is 1.